The number of piperidine rings is 1. The number of benzene rings is 3. The molecule has 4 aromatic rings. The number of unbranched alkanes of at least 4 members (excludes halogenated alkanes) is 3. The van der Waals surface area contributed by atoms with Gasteiger partial charge in [0.1, 0.15) is 11.8 Å². The van der Waals surface area contributed by atoms with E-state index in [1.165, 1.54) is 12.0 Å². The topological polar surface area (TPSA) is 140 Å². The Hall–Kier alpha value is -5.38. The predicted octanol–water partition coefficient (Wildman–Crippen LogP) is 9.19. The van der Waals surface area contributed by atoms with E-state index in [2.05, 4.69) is 57.0 Å². The minimum atomic E-state index is -0.444. The van der Waals surface area contributed by atoms with Gasteiger partial charge in [0.2, 0.25) is 5.91 Å². The van der Waals surface area contributed by atoms with Crippen molar-refractivity contribution >= 4 is 51.9 Å². The summed E-state index contributed by atoms with van der Waals surface area (Å²) in [6.07, 6.45) is 15.2. The molecule has 1 spiro atoms. The van der Waals surface area contributed by atoms with Crippen LogP contribution in [-0.2, 0) is 11.2 Å². The van der Waals surface area contributed by atoms with Crippen LogP contribution in [0.2, 0.25) is 5.02 Å². The van der Waals surface area contributed by atoms with Crippen molar-refractivity contribution in [1.82, 2.24) is 25.0 Å². The number of nitrogens with one attached hydrogen (secondary N) is 2. The Kier molecular flexibility index (Phi) is 13.7. The van der Waals surface area contributed by atoms with Gasteiger partial charge in [-0.15, -0.1) is 0 Å². The number of anilines is 1. The Labute approximate surface area is 375 Å². The number of nitriles is 1. The van der Waals surface area contributed by atoms with Crippen LogP contribution in [0, 0.1) is 11.3 Å². The van der Waals surface area contributed by atoms with Gasteiger partial charge < -0.3 is 24.4 Å². The maximum Gasteiger partial charge on any atom is 0.328 e. The van der Waals surface area contributed by atoms with E-state index >= 15 is 0 Å². The maximum absolute atomic E-state index is 14.5. The number of rotatable bonds is 14. The fourth-order valence-electron chi connectivity index (χ4n) is 10.2. The lowest BCUT2D eigenvalue weighted by Gasteiger charge is -2.45. The zero-order chi connectivity index (χ0) is 44.1. The van der Waals surface area contributed by atoms with Crippen molar-refractivity contribution < 1.29 is 23.9 Å². The van der Waals surface area contributed by atoms with Gasteiger partial charge in [0.25, 0.3) is 11.8 Å². The van der Waals surface area contributed by atoms with Gasteiger partial charge in [-0.2, -0.15) is 5.26 Å². The van der Waals surface area contributed by atoms with E-state index in [-0.39, 0.29) is 54.4 Å². The SMILES string of the molecule is CC(C)n1ccc2c(N3CCC(=O)NC3=O)cc(C(=O)N3CCCC34CCN(CCCCCCc3ccc(C(=O)N[C@H]5CC[C@H](Oc6ccc(C#N)c(Cl)c6)CC5)cc3)CC4)cc21. The number of nitrogens with zero attached hydrogens (tertiary/aromatic N) is 5. The van der Waals surface area contributed by atoms with Crippen LogP contribution in [-0.4, -0.2) is 88.5 Å². The number of likely N-dealkylation sites (tertiary alicyclic amines) is 2. The summed E-state index contributed by atoms with van der Waals surface area (Å²) in [5.41, 5.74) is 4.42. The molecule has 1 saturated carbocycles. The van der Waals surface area contributed by atoms with Gasteiger partial charge in [0.15, 0.2) is 0 Å². The Morgan fingerprint density at radius 1 is 0.905 bits per heavy atom. The van der Waals surface area contributed by atoms with Gasteiger partial charge in [-0.25, -0.2) is 4.79 Å². The molecule has 3 saturated heterocycles. The summed E-state index contributed by atoms with van der Waals surface area (Å²) in [5.74, 6) is 0.385. The van der Waals surface area contributed by atoms with Crippen molar-refractivity contribution in [2.45, 2.75) is 127 Å². The fraction of sp³-hybridized carbons (Fsp3) is 0.500. The molecule has 2 N–H and O–H groups in total. The van der Waals surface area contributed by atoms with Gasteiger partial charge in [-0.1, -0.05) is 36.6 Å². The molecule has 0 bridgehead atoms. The second kappa shape index (κ2) is 19.6. The molecule has 4 heterocycles. The minimum absolute atomic E-state index is 0.0288. The van der Waals surface area contributed by atoms with Crippen LogP contribution in [0.1, 0.15) is 135 Å². The molecule has 13 heteroatoms. The molecule has 4 fully saturated rings. The molecule has 5 amide bonds. The standard InChI is InChI=1S/C50H60ClN7O5/c1-34(2)56-26-19-42-44(56)30-38(31-45(42)57-27-20-46(59)54-49(57)62)48(61)58-25-7-21-50(58)22-28-55(29-23-50)24-6-4-3-5-8-35-9-11-36(12-10-35)47(60)53-39-14-17-40(18-15-39)63-41-16-13-37(33-52)43(51)32-41/h9-13,16,19,26,30-32,34,39-40H,3-8,14-15,17-18,20-25,27-29H2,1-2H3,(H,53,60)(H,54,59,62)/t39-,40-. The fourth-order valence-corrected chi connectivity index (χ4v) is 10.5. The zero-order valence-electron chi connectivity index (χ0n) is 36.7. The number of imide groups is 1. The Morgan fingerprint density at radius 2 is 1.67 bits per heavy atom. The van der Waals surface area contributed by atoms with Gasteiger partial charge in [-0.05, 0) is 139 Å². The first kappa shape index (κ1) is 44.2. The molecule has 1 aromatic heterocycles. The smallest absolute Gasteiger partial charge is 0.328 e. The summed E-state index contributed by atoms with van der Waals surface area (Å²) in [6.45, 7) is 8.28. The Morgan fingerprint density at radius 3 is 2.38 bits per heavy atom. The lowest BCUT2D eigenvalue weighted by atomic mass is 9.84. The summed E-state index contributed by atoms with van der Waals surface area (Å²) in [5, 5.41) is 16.1. The molecule has 0 atom stereocenters. The third-order valence-corrected chi connectivity index (χ3v) is 14.2. The van der Waals surface area contributed by atoms with Crippen LogP contribution < -0.4 is 20.3 Å². The van der Waals surface area contributed by atoms with Crippen LogP contribution >= 0.6 is 11.6 Å². The van der Waals surface area contributed by atoms with Crippen LogP contribution in [0.4, 0.5) is 10.5 Å². The lowest BCUT2D eigenvalue weighted by molar-refractivity contribution is -0.120. The second-order valence-electron chi connectivity index (χ2n) is 18.3. The van der Waals surface area contributed by atoms with Crippen molar-refractivity contribution in [3.05, 3.63) is 94.1 Å². The first-order valence-electron chi connectivity index (χ1n) is 23.1. The predicted molar refractivity (Wildman–Crippen MR) is 245 cm³/mol. The van der Waals surface area contributed by atoms with Crippen LogP contribution in [0.15, 0.2) is 66.9 Å². The monoisotopic (exact) mass is 873 g/mol. The number of halogens is 1. The lowest BCUT2D eigenvalue weighted by Crippen LogP contribution is -2.54. The summed E-state index contributed by atoms with van der Waals surface area (Å²) in [6, 6.07) is 21.0. The van der Waals surface area contributed by atoms with Crippen molar-refractivity contribution in [3.8, 4) is 11.8 Å². The summed E-state index contributed by atoms with van der Waals surface area (Å²) in [4.78, 5) is 58.8. The van der Waals surface area contributed by atoms with Gasteiger partial charge >= 0.3 is 6.03 Å². The number of fused-ring (bicyclic) bond motifs is 1. The Balaban J connectivity index is 0.752. The van der Waals surface area contributed by atoms with Crippen LogP contribution in [0.3, 0.4) is 0 Å². The number of ether oxygens (including phenoxy) is 1. The number of aromatic nitrogens is 1. The van der Waals surface area contributed by atoms with E-state index in [9.17, 15) is 19.2 Å². The normalized spacial score (nSPS) is 20.3. The number of aryl methyl sites for hydroxylation is 1. The van der Waals surface area contributed by atoms with Crippen molar-refractivity contribution in [1.29, 1.82) is 5.26 Å². The third kappa shape index (κ3) is 10.1. The van der Waals surface area contributed by atoms with E-state index in [4.69, 9.17) is 21.6 Å². The average Bonchev–Trinajstić information content (AvgIpc) is 3.91. The first-order valence-corrected chi connectivity index (χ1v) is 23.4. The number of carbonyl (C=O) groups is 4. The number of urea groups is 1. The molecule has 3 aliphatic heterocycles. The summed E-state index contributed by atoms with van der Waals surface area (Å²) < 4.78 is 8.25. The molecule has 332 valence electrons. The van der Waals surface area contributed by atoms with E-state index in [0.717, 1.165) is 114 Å². The molecule has 0 unspecified atom stereocenters. The third-order valence-electron chi connectivity index (χ3n) is 13.9. The number of hydrogen-bond donors (Lipinski definition) is 2. The molecule has 4 aliphatic rings. The van der Waals surface area contributed by atoms with Crippen molar-refractivity contribution in [2.75, 3.05) is 37.6 Å². The zero-order valence-corrected chi connectivity index (χ0v) is 37.4. The summed E-state index contributed by atoms with van der Waals surface area (Å²) >= 11 is 6.16. The van der Waals surface area contributed by atoms with Crippen molar-refractivity contribution in [2.24, 2.45) is 0 Å². The highest BCUT2D eigenvalue weighted by atomic mass is 35.5. The molecular formula is C50H60ClN7O5. The highest BCUT2D eigenvalue weighted by molar-refractivity contribution is 6.31. The Bertz CT molecular complexity index is 2350. The molecule has 3 aromatic carbocycles. The van der Waals surface area contributed by atoms with Crippen LogP contribution in [0.25, 0.3) is 10.9 Å². The van der Waals surface area contributed by atoms with Gasteiger partial charge in [0, 0.05) is 79.0 Å². The van der Waals surface area contributed by atoms with Crippen molar-refractivity contribution in [3.63, 3.8) is 0 Å². The van der Waals surface area contributed by atoms with E-state index < -0.39 is 6.03 Å². The minimum Gasteiger partial charge on any atom is -0.490 e. The molecule has 8 rings (SSSR count). The number of amides is 5. The highest BCUT2D eigenvalue weighted by Gasteiger charge is 2.45. The molecule has 0 radical (unpaired) electrons. The maximum atomic E-state index is 14.5. The average molecular weight is 875 g/mol. The largest absolute Gasteiger partial charge is 0.490 e. The number of carbonyl (C=O) groups excluding carboxylic acids is 4. The molecular weight excluding hydrogens is 814 g/mol. The van der Waals surface area contributed by atoms with Gasteiger partial charge in [-0.3, -0.25) is 24.6 Å². The van der Waals surface area contributed by atoms with E-state index in [0.29, 0.717) is 33.1 Å². The highest BCUT2D eigenvalue weighted by Crippen LogP contribution is 2.41. The van der Waals surface area contributed by atoms with E-state index in [1.807, 2.05) is 36.5 Å². The van der Waals surface area contributed by atoms with E-state index in [1.54, 1.807) is 23.1 Å². The second-order valence-corrected chi connectivity index (χ2v) is 18.7. The first-order chi connectivity index (χ1) is 30.5. The molecule has 63 heavy (non-hydrogen) atoms. The quantitative estimate of drug-likeness (QED) is 0.121. The molecule has 12 nitrogen and oxygen atoms in total. The van der Waals surface area contributed by atoms with Crippen LogP contribution in [0.5, 0.6) is 5.75 Å². The number of hydrogen-bond acceptors (Lipinski definition) is 7. The summed E-state index contributed by atoms with van der Waals surface area (Å²) in [7, 11) is 0. The van der Waals surface area contributed by atoms with Gasteiger partial charge in [0.05, 0.1) is 27.9 Å². The molecule has 1 aliphatic carbocycles.